The second kappa shape index (κ2) is 6.13. The van der Waals surface area contributed by atoms with Gasteiger partial charge in [0, 0.05) is 6.07 Å². The Balaban J connectivity index is 2.34. The Morgan fingerprint density at radius 3 is 2.43 bits per heavy atom. The maximum absolute atomic E-state index is 12.9. The molecule has 112 valence electrons. The van der Waals surface area contributed by atoms with Crippen LogP contribution < -0.4 is 10.5 Å². The molecule has 0 aliphatic carbocycles. The molecule has 2 aromatic carbocycles. The molecule has 2 rings (SSSR count). The number of benzene rings is 2. The fourth-order valence-corrected chi connectivity index (χ4v) is 3.43. The molecule has 0 radical (unpaired) electrons. The molecule has 4 nitrogen and oxygen atoms in total. The van der Waals surface area contributed by atoms with E-state index < -0.39 is 15.7 Å². The Morgan fingerprint density at radius 2 is 1.81 bits per heavy atom. The summed E-state index contributed by atoms with van der Waals surface area (Å²) >= 11 is 0. The fourth-order valence-electron chi connectivity index (χ4n) is 1.92. The van der Waals surface area contributed by atoms with Crippen LogP contribution in [0.25, 0.3) is 0 Å². The largest absolute Gasteiger partial charge is 0.494 e. The van der Waals surface area contributed by atoms with E-state index >= 15 is 0 Å². The molecular formula is C15H16FNO3S. The lowest BCUT2D eigenvalue weighted by Crippen LogP contribution is -2.08. The van der Waals surface area contributed by atoms with Crippen LogP contribution in [-0.2, 0) is 15.6 Å². The van der Waals surface area contributed by atoms with Gasteiger partial charge in [-0.15, -0.1) is 0 Å². The van der Waals surface area contributed by atoms with E-state index in [4.69, 9.17) is 10.5 Å². The molecule has 0 amide bonds. The number of hydrogen-bond acceptors (Lipinski definition) is 4. The maximum atomic E-state index is 12.9. The van der Waals surface area contributed by atoms with Gasteiger partial charge in [0.1, 0.15) is 11.6 Å². The minimum Gasteiger partial charge on any atom is -0.494 e. The van der Waals surface area contributed by atoms with E-state index in [1.54, 1.807) is 6.07 Å². The van der Waals surface area contributed by atoms with Crippen molar-refractivity contribution in [2.45, 2.75) is 17.6 Å². The Kier molecular flexibility index (Phi) is 4.47. The van der Waals surface area contributed by atoms with Crippen LogP contribution in [0.2, 0.25) is 0 Å². The summed E-state index contributed by atoms with van der Waals surface area (Å²) in [6.07, 6.45) is 0. The van der Waals surface area contributed by atoms with E-state index in [1.165, 1.54) is 36.4 Å². The van der Waals surface area contributed by atoms with Crippen molar-refractivity contribution in [3.8, 4) is 5.75 Å². The first kappa shape index (κ1) is 15.3. The smallest absolute Gasteiger partial charge is 0.184 e. The average Bonchev–Trinajstić information content (AvgIpc) is 2.43. The van der Waals surface area contributed by atoms with Crippen molar-refractivity contribution < 1.29 is 17.5 Å². The molecule has 0 fully saturated rings. The summed E-state index contributed by atoms with van der Waals surface area (Å²) in [6.45, 7) is 2.24. The standard InChI is InChI=1S/C15H16FNO3S/c1-2-20-13-7-8-14(17)15(9-13)21(18,19)10-11-3-5-12(16)6-4-11/h3-9H,2,10,17H2,1H3. The lowest BCUT2D eigenvalue weighted by Gasteiger charge is -2.10. The molecule has 0 unspecified atom stereocenters. The SMILES string of the molecule is CCOc1ccc(N)c(S(=O)(=O)Cc2ccc(F)cc2)c1. The summed E-state index contributed by atoms with van der Waals surface area (Å²) in [7, 11) is -3.63. The molecule has 0 aliphatic rings. The third-order valence-electron chi connectivity index (χ3n) is 2.90. The van der Waals surface area contributed by atoms with Crippen LogP contribution >= 0.6 is 0 Å². The predicted octanol–water partition coefficient (Wildman–Crippen LogP) is 2.78. The normalized spacial score (nSPS) is 11.3. The summed E-state index contributed by atoms with van der Waals surface area (Å²) < 4.78 is 43.0. The molecule has 0 atom stereocenters. The highest BCUT2D eigenvalue weighted by Crippen LogP contribution is 2.27. The van der Waals surface area contributed by atoms with Crippen molar-refractivity contribution in [3.63, 3.8) is 0 Å². The zero-order chi connectivity index (χ0) is 15.5. The second-order valence-electron chi connectivity index (χ2n) is 4.52. The highest BCUT2D eigenvalue weighted by Gasteiger charge is 2.19. The number of nitrogen functional groups attached to an aromatic ring is 1. The minimum atomic E-state index is -3.63. The van der Waals surface area contributed by atoms with Gasteiger partial charge in [-0.2, -0.15) is 0 Å². The number of ether oxygens (including phenoxy) is 1. The van der Waals surface area contributed by atoms with E-state index in [0.717, 1.165) is 0 Å². The van der Waals surface area contributed by atoms with Crippen molar-refractivity contribution in [3.05, 3.63) is 53.8 Å². The Morgan fingerprint density at radius 1 is 1.14 bits per heavy atom. The number of hydrogen-bond donors (Lipinski definition) is 1. The maximum Gasteiger partial charge on any atom is 0.184 e. The summed E-state index contributed by atoms with van der Waals surface area (Å²) in [4.78, 5) is 0.0257. The molecule has 0 aromatic heterocycles. The molecule has 0 bridgehead atoms. The first-order chi connectivity index (χ1) is 9.92. The van der Waals surface area contributed by atoms with Crippen LogP contribution in [-0.4, -0.2) is 15.0 Å². The quantitative estimate of drug-likeness (QED) is 0.862. The van der Waals surface area contributed by atoms with Crippen LogP contribution in [0.5, 0.6) is 5.75 Å². The van der Waals surface area contributed by atoms with E-state index in [0.29, 0.717) is 17.9 Å². The van der Waals surface area contributed by atoms with Gasteiger partial charge in [0.05, 0.1) is 22.9 Å². The van der Waals surface area contributed by atoms with Crippen LogP contribution in [0.3, 0.4) is 0 Å². The van der Waals surface area contributed by atoms with Crippen molar-refractivity contribution in [2.75, 3.05) is 12.3 Å². The topological polar surface area (TPSA) is 69.4 Å². The number of nitrogens with two attached hydrogens (primary N) is 1. The molecule has 0 saturated carbocycles. The van der Waals surface area contributed by atoms with Gasteiger partial charge in [0.15, 0.2) is 9.84 Å². The average molecular weight is 309 g/mol. The molecule has 0 spiro atoms. The van der Waals surface area contributed by atoms with Gasteiger partial charge in [-0.25, -0.2) is 12.8 Å². The van der Waals surface area contributed by atoms with Gasteiger partial charge in [-0.1, -0.05) is 12.1 Å². The molecule has 6 heteroatoms. The lowest BCUT2D eigenvalue weighted by molar-refractivity contribution is 0.339. The molecule has 0 saturated heterocycles. The predicted molar refractivity (Wildman–Crippen MR) is 79.3 cm³/mol. The van der Waals surface area contributed by atoms with Gasteiger partial charge >= 0.3 is 0 Å². The van der Waals surface area contributed by atoms with Crippen LogP contribution in [0.15, 0.2) is 47.4 Å². The van der Waals surface area contributed by atoms with Gasteiger partial charge in [-0.3, -0.25) is 0 Å². The first-order valence-electron chi connectivity index (χ1n) is 6.42. The van der Waals surface area contributed by atoms with Gasteiger partial charge in [-0.05, 0) is 36.8 Å². The van der Waals surface area contributed by atoms with E-state index in [-0.39, 0.29) is 16.3 Å². The van der Waals surface area contributed by atoms with E-state index in [9.17, 15) is 12.8 Å². The van der Waals surface area contributed by atoms with Crippen LogP contribution in [0.4, 0.5) is 10.1 Å². The number of sulfone groups is 1. The van der Waals surface area contributed by atoms with Gasteiger partial charge in [0.25, 0.3) is 0 Å². The zero-order valence-electron chi connectivity index (χ0n) is 11.5. The summed E-state index contributed by atoms with van der Waals surface area (Å²) in [5.74, 6) is -0.203. The second-order valence-corrected chi connectivity index (χ2v) is 6.48. The highest BCUT2D eigenvalue weighted by atomic mass is 32.2. The Hall–Kier alpha value is -2.08. The molecular weight excluding hydrogens is 293 g/mol. The fraction of sp³-hybridized carbons (Fsp3) is 0.200. The molecule has 0 aliphatic heterocycles. The molecule has 0 heterocycles. The summed E-state index contributed by atoms with van der Waals surface area (Å²) in [5, 5.41) is 0. The molecule has 2 aromatic rings. The van der Waals surface area contributed by atoms with Gasteiger partial charge < -0.3 is 10.5 Å². The monoisotopic (exact) mass is 309 g/mol. The molecule has 2 N–H and O–H groups in total. The Bertz CT molecular complexity index is 727. The van der Waals surface area contributed by atoms with Crippen molar-refractivity contribution >= 4 is 15.5 Å². The first-order valence-corrected chi connectivity index (χ1v) is 8.07. The zero-order valence-corrected chi connectivity index (χ0v) is 12.4. The van der Waals surface area contributed by atoms with Crippen molar-refractivity contribution in [1.29, 1.82) is 0 Å². The van der Waals surface area contributed by atoms with Crippen LogP contribution in [0, 0.1) is 5.82 Å². The Labute approximate surface area is 123 Å². The summed E-state index contributed by atoms with van der Waals surface area (Å²) in [5.41, 5.74) is 6.42. The number of rotatable bonds is 5. The molecule has 21 heavy (non-hydrogen) atoms. The van der Waals surface area contributed by atoms with E-state index in [1.807, 2.05) is 6.92 Å². The highest BCUT2D eigenvalue weighted by molar-refractivity contribution is 7.90. The number of anilines is 1. The van der Waals surface area contributed by atoms with Crippen LogP contribution in [0.1, 0.15) is 12.5 Å². The van der Waals surface area contributed by atoms with E-state index in [2.05, 4.69) is 0 Å². The summed E-state index contributed by atoms with van der Waals surface area (Å²) in [6, 6.07) is 9.87. The third kappa shape index (κ3) is 3.72. The van der Waals surface area contributed by atoms with Gasteiger partial charge in [0.2, 0.25) is 0 Å². The van der Waals surface area contributed by atoms with Crippen molar-refractivity contribution in [2.24, 2.45) is 0 Å². The van der Waals surface area contributed by atoms with Crippen molar-refractivity contribution in [1.82, 2.24) is 0 Å². The minimum absolute atomic E-state index is 0.0257. The number of halogens is 1. The lowest BCUT2D eigenvalue weighted by atomic mass is 10.2. The third-order valence-corrected chi connectivity index (χ3v) is 4.64.